The predicted molar refractivity (Wildman–Crippen MR) is 106 cm³/mol. The number of anilines is 2. The molecule has 1 aliphatic rings. The van der Waals surface area contributed by atoms with Gasteiger partial charge in [0.1, 0.15) is 18.0 Å². The molecule has 0 saturated carbocycles. The SMILES string of the molecule is Cc1cc(NC(N)=NC=Nc2cc(F)cc(F)c2)cc(N2CCNCC2)c1. The Morgan fingerprint density at radius 3 is 2.52 bits per heavy atom. The predicted octanol–water partition coefficient (Wildman–Crippen LogP) is 2.77. The van der Waals surface area contributed by atoms with Crippen LogP contribution in [0.25, 0.3) is 0 Å². The molecule has 1 heterocycles. The zero-order chi connectivity index (χ0) is 19.2. The van der Waals surface area contributed by atoms with Crippen molar-refractivity contribution in [2.45, 2.75) is 6.92 Å². The van der Waals surface area contributed by atoms with Crippen molar-refractivity contribution in [2.24, 2.45) is 15.7 Å². The minimum absolute atomic E-state index is 0.126. The number of nitrogens with one attached hydrogen (secondary N) is 2. The molecule has 4 N–H and O–H groups in total. The number of guanidine groups is 1. The number of halogens is 2. The number of nitrogens with two attached hydrogens (primary N) is 1. The van der Waals surface area contributed by atoms with Crippen molar-refractivity contribution in [3.63, 3.8) is 0 Å². The molecule has 1 aliphatic heterocycles. The highest BCUT2D eigenvalue weighted by Crippen LogP contribution is 2.22. The summed E-state index contributed by atoms with van der Waals surface area (Å²) in [7, 11) is 0. The molecule has 6 nitrogen and oxygen atoms in total. The normalized spacial score (nSPS) is 15.4. The Hall–Kier alpha value is -3.00. The van der Waals surface area contributed by atoms with Gasteiger partial charge in [0.2, 0.25) is 0 Å². The molecule has 1 fully saturated rings. The third kappa shape index (κ3) is 5.49. The number of aliphatic imine (C=N–C) groups is 2. The third-order valence-electron chi connectivity index (χ3n) is 4.07. The number of hydrogen-bond donors (Lipinski definition) is 3. The van der Waals surface area contributed by atoms with E-state index in [0.29, 0.717) is 0 Å². The maximum atomic E-state index is 13.1. The second kappa shape index (κ2) is 8.59. The van der Waals surface area contributed by atoms with Crippen LogP contribution in [0.3, 0.4) is 0 Å². The second-order valence-electron chi connectivity index (χ2n) is 6.31. The third-order valence-corrected chi connectivity index (χ3v) is 4.07. The van der Waals surface area contributed by atoms with Gasteiger partial charge < -0.3 is 21.3 Å². The molecule has 1 saturated heterocycles. The summed E-state index contributed by atoms with van der Waals surface area (Å²) in [6.07, 6.45) is 1.16. The van der Waals surface area contributed by atoms with Crippen molar-refractivity contribution in [1.29, 1.82) is 0 Å². The average molecular weight is 372 g/mol. The lowest BCUT2D eigenvalue weighted by atomic mass is 10.1. The van der Waals surface area contributed by atoms with E-state index in [2.05, 4.69) is 31.6 Å². The molecule has 2 aromatic carbocycles. The van der Waals surface area contributed by atoms with Crippen molar-refractivity contribution in [2.75, 3.05) is 36.4 Å². The van der Waals surface area contributed by atoms with E-state index in [9.17, 15) is 8.78 Å². The maximum absolute atomic E-state index is 13.1. The number of benzene rings is 2. The van der Waals surface area contributed by atoms with Crippen molar-refractivity contribution in [3.8, 4) is 0 Å². The topological polar surface area (TPSA) is 78.0 Å². The Morgan fingerprint density at radius 1 is 1.11 bits per heavy atom. The summed E-state index contributed by atoms with van der Waals surface area (Å²) in [5.41, 5.74) is 9.05. The van der Waals surface area contributed by atoms with Gasteiger partial charge in [0.25, 0.3) is 0 Å². The highest BCUT2D eigenvalue weighted by atomic mass is 19.1. The van der Waals surface area contributed by atoms with E-state index in [4.69, 9.17) is 5.73 Å². The van der Waals surface area contributed by atoms with Gasteiger partial charge in [-0.25, -0.2) is 18.8 Å². The summed E-state index contributed by atoms with van der Waals surface area (Å²) in [6.45, 7) is 5.83. The van der Waals surface area contributed by atoms with E-state index in [-0.39, 0.29) is 11.6 Å². The van der Waals surface area contributed by atoms with Gasteiger partial charge in [-0.3, -0.25) is 0 Å². The summed E-state index contributed by atoms with van der Waals surface area (Å²) < 4.78 is 26.3. The summed E-state index contributed by atoms with van der Waals surface area (Å²) in [5, 5.41) is 6.35. The van der Waals surface area contributed by atoms with Gasteiger partial charge in [0, 0.05) is 43.6 Å². The fourth-order valence-electron chi connectivity index (χ4n) is 2.89. The van der Waals surface area contributed by atoms with Crippen LogP contribution in [0.1, 0.15) is 5.56 Å². The van der Waals surface area contributed by atoms with Gasteiger partial charge in [-0.1, -0.05) is 0 Å². The number of hydrogen-bond acceptors (Lipinski definition) is 3. The highest BCUT2D eigenvalue weighted by molar-refractivity contribution is 5.97. The molecule has 8 heteroatoms. The summed E-state index contributed by atoms with van der Waals surface area (Å²) in [5.74, 6) is -1.26. The standard InChI is InChI=1S/C19H22F2N6/c1-13-6-17(11-18(7-13)27-4-2-23-3-5-27)26-19(22)25-12-24-16-9-14(20)8-15(21)10-16/h6-12,23H,2-5H2,1H3,(H3,22,24,25,26). The zero-order valence-corrected chi connectivity index (χ0v) is 15.0. The number of aryl methyl sites for hydroxylation is 1. The van der Waals surface area contributed by atoms with Crippen LogP contribution in [0.15, 0.2) is 46.4 Å². The Labute approximate surface area is 156 Å². The first-order valence-electron chi connectivity index (χ1n) is 8.66. The molecular weight excluding hydrogens is 350 g/mol. The molecule has 0 unspecified atom stereocenters. The summed E-state index contributed by atoms with van der Waals surface area (Å²) >= 11 is 0. The molecule has 0 amide bonds. The number of nitrogens with zero attached hydrogens (tertiary/aromatic N) is 3. The maximum Gasteiger partial charge on any atom is 0.199 e. The molecule has 2 aromatic rings. The van der Waals surface area contributed by atoms with Crippen LogP contribution >= 0.6 is 0 Å². The van der Waals surface area contributed by atoms with Crippen LogP contribution in [-0.4, -0.2) is 38.5 Å². The second-order valence-corrected chi connectivity index (χ2v) is 6.31. The molecular formula is C19H22F2N6. The quantitative estimate of drug-likeness (QED) is 0.570. The van der Waals surface area contributed by atoms with Gasteiger partial charge in [-0.2, -0.15) is 0 Å². The number of piperazine rings is 1. The minimum Gasteiger partial charge on any atom is -0.369 e. The molecule has 0 aliphatic carbocycles. The molecule has 0 bridgehead atoms. The fourth-order valence-corrected chi connectivity index (χ4v) is 2.89. The average Bonchev–Trinajstić information content (AvgIpc) is 2.61. The van der Waals surface area contributed by atoms with Crippen molar-refractivity contribution in [1.82, 2.24) is 5.32 Å². The molecule has 142 valence electrons. The van der Waals surface area contributed by atoms with E-state index in [1.807, 2.05) is 19.1 Å². The van der Waals surface area contributed by atoms with Crippen LogP contribution < -0.4 is 21.3 Å². The van der Waals surface area contributed by atoms with Crippen LogP contribution in [0.4, 0.5) is 25.8 Å². The molecule has 0 atom stereocenters. The largest absolute Gasteiger partial charge is 0.369 e. The summed E-state index contributed by atoms with van der Waals surface area (Å²) in [4.78, 5) is 10.2. The Kier molecular flexibility index (Phi) is 5.97. The molecule has 0 spiro atoms. The highest BCUT2D eigenvalue weighted by Gasteiger charge is 2.11. The molecule has 0 aromatic heterocycles. The van der Waals surface area contributed by atoms with Crippen molar-refractivity contribution < 1.29 is 8.78 Å². The van der Waals surface area contributed by atoms with E-state index in [1.54, 1.807) is 0 Å². The zero-order valence-electron chi connectivity index (χ0n) is 15.0. The molecule has 3 rings (SSSR count). The first-order chi connectivity index (χ1) is 13.0. The van der Waals surface area contributed by atoms with E-state index >= 15 is 0 Å². The van der Waals surface area contributed by atoms with Gasteiger partial charge in [0.05, 0.1) is 5.69 Å². The number of rotatable bonds is 4. The molecule has 0 radical (unpaired) electrons. The van der Waals surface area contributed by atoms with Crippen molar-refractivity contribution in [3.05, 3.63) is 53.6 Å². The van der Waals surface area contributed by atoms with Crippen LogP contribution in [0.5, 0.6) is 0 Å². The monoisotopic (exact) mass is 372 g/mol. The van der Waals surface area contributed by atoms with E-state index < -0.39 is 11.6 Å². The Morgan fingerprint density at radius 2 is 1.81 bits per heavy atom. The van der Waals surface area contributed by atoms with Gasteiger partial charge in [-0.15, -0.1) is 0 Å². The molecule has 27 heavy (non-hydrogen) atoms. The smallest absolute Gasteiger partial charge is 0.199 e. The van der Waals surface area contributed by atoms with Crippen LogP contribution in [-0.2, 0) is 0 Å². The lowest BCUT2D eigenvalue weighted by Crippen LogP contribution is -2.43. The van der Waals surface area contributed by atoms with E-state index in [0.717, 1.165) is 67.7 Å². The van der Waals surface area contributed by atoms with Gasteiger partial charge >= 0.3 is 0 Å². The van der Waals surface area contributed by atoms with E-state index in [1.165, 1.54) is 0 Å². The first kappa shape index (κ1) is 18.8. The van der Waals surface area contributed by atoms with Crippen LogP contribution in [0, 0.1) is 18.6 Å². The van der Waals surface area contributed by atoms with Gasteiger partial charge in [-0.05, 0) is 42.8 Å². The van der Waals surface area contributed by atoms with Crippen molar-refractivity contribution >= 4 is 29.4 Å². The Bertz CT molecular complexity index is 839. The van der Waals surface area contributed by atoms with Crippen LogP contribution in [0.2, 0.25) is 0 Å². The summed E-state index contributed by atoms with van der Waals surface area (Å²) in [6, 6.07) is 9.11. The fraction of sp³-hybridized carbons (Fsp3) is 0.263. The lowest BCUT2D eigenvalue weighted by Gasteiger charge is -2.30. The minimum atomic E-state index is -0.697. The Balaban J connectivity index is 1.69. The van der Waals surface area contributed by atoms with Gasteiger partial charge in [0.15, 0.2) is 5.96 Å². The lowest BCUT2D eigenvalue weighted by molar-refractivity contribution is 0.584. The first-order valence-corrected chi connectivity index (χ1v) is 8.66.